The molecule has 0 unspecified atom stereocenters. The Hall–Kier alpha value is -0.870. The van der Waals surface area contributed by atoms with Crippen LogP contribution in [-0.4, -0.2) is 11.9 Å². The first-order valence-corrected chi connectivity index (χ1v) is 6.39. The zero-order chi connectivity index (χ0) is 12.1. The normalized spacial score (nSPS) is 12.8. The molecule has 16 heavy (non-hydrogen) atoms. The molecule has 4 heteroatoms. The summed E-state index contributed by atoms with van der Waals surface area (Å²) in [6.07, 6.45) is 0.731. The molecule has 0 spiro atoms. The number of rotatable bonds is 5. The lowest BCUT2D eigenvalue weighted by molar-refractivity contribution is -0.122. The van der Waals surface area contributed by atoms with E-state index in [1.165, 1.54) is 9.75 Å². The predicted molar refractivity (Wildman–Crippen MR) is 68.3 cm³/mol. The Labute approximate surface area is 101 Å². The maximum Gasteiger partial charge on any atom is 0.237 e. The van der Waals surface area contributed by atoms with E-state index in [9.17, 15) is 4.79 Å². The fraction of sp³-hybridized carbons (Fsp3) is 0.583. The molecule has 0 aromatic carbocycles. The molecule has 0 aliphatic rings. The molecule has 1 rings (SSSR count). The number of carbonyl (C=O) groups excluding carboxylic acids is 1. The van der Waals surface area contributed by atoms with Crippen molar-refractivity contribution in [1.82, 2.24) is 5.32 Å². The molecule has 90 valence electrons. The molecule has 0 radical (unpaired) electrons. The third-order valence-corrected chi connectivity index (χ3v) is 3.30. The highest BCUT2D eigenvalue weighted by Crippen LogP contribution is 2.14. The van der Waals surface area contributed by atoms with Crippen LogP contribution in [0.4, 0.5) is 0 Å². The molecule has 0 aliphatic carbocycles. The van der Waals surface area contributed by atoms with Gasteiger partial charge in [0.25, 0.3) is 0 Å². The summed E-state index contributed by atoms with van der Waals surface area (Å²) in [6.45, 7) is 6.77. The average molecular weight is 240 g/mol. The smallest absolute Gasteiger partial charge is 0.237 e. The Morgan fingerprint density at radius 2 is 2.19 bits per heavy atom. The van der Waals surface area contributed by atoms with Crippen molar-refractivity contribution in [1.29, 1.82) is 0 Å². The number of amides is 1. The molecule has 0 bridgehead atoms. The van der Waals surface area contributed by atoms with Gasteiger partial charge in [-0.05, 0) is 31.4 Å². The number of nitrogens with one attached hydrogen (secondary N) is 1. The quantitative estimate of drug-likeness (QED) is 0.827. The monoisotopic (exact) mass is 240 g/mol. The maximum atomic E-state index is 11.6. The van der Waals surface area contributed by atoms with Gasteiger partial charge >= 0.3 is 0 Å². The second-order valence-corrected chi connectivity index (χ2v) is 5.84. The molecule has 0 aliphatic heterocycles. The molecule has 1 aromatic heterocycles. The molecule has 1 aromatic rings. The summed E-state index contributed by atoms with van der Waals surface area (Å²) in [5.41, 5.74) is 5.78. The van der Waals surface area contributed by atoms with Crippen molar-refractivity contribution in [2.24, 2.45) is 11.7 Å². The van der Waals surface area contributed by atoms with Crippen LogP contribution in [0.2, 0.25) is 0 Å². The van der Waals surface area contributed by atoms with Crippen molar-refractivity contribution >= 4 is 17.2 Å². The summed E-state index contributed by atoms with van der Waals surface area (Å²) >= 11 is 1.70. The summed E-state index contributed by atoms with van der Waals surface area (Å²) in [7, 11) is 0. The van der Waals surface area contributed by atoms with Crippen LogP contribution in [-0.2, 0) is 11.3 Å². The van der Waals surface area contributed by atoms with E-state index in [0.29, 0.717) is 12.5 Å². The highest BCUT2D eigenvalue weighted by atomic mass is 32.1. The fourth-order valence-electron chi connectivity index (χ4n) is 1.50. The van der Waals surface area contributed by atoms with E-state index in [4.69, 9.17) is 5.73 Å². The van der Waals surface area contributed by atoms with Crippen molar-refractivity contribution in [3.05, 3.63) is 21.9 Å². The first kappa shape index (κ1) is 13.2. The number of carbonyl (C=O) groups is 1. The van der Waals surface area contributed by atoms with Crippen LogP contribution in [0.3, 0.4) is 0 Å². The van der Waals surface area contributed by atoms with Crippen LogP contribution in [0.25, 0.3) is 0 Å². The van der Waals surface area contributed by atoms with E-state index >= 15 is 0 Å². The number of thiophene rings is 1. The van der Waals surface area contributed by atoms with Crippen LogP contribution in [0.15, 0.2) is 12.1 Å². The van der Waals surface area contributed by atoms with E-state index in [-0.39, 0.29) is 11.9 Å². The van der Waals surface area contributed by atoms with Gasteiger partial charge in [-0.3, -0.25) is 4.79 Å². The van der Waals surface area contributed by atoms with Gasteiger partial charge in [-0.1, -0.05) is 13.8 Å². The van der Waals surface area contributed by atoms with Crippen LogP contribution in [0.1, 0.15) is 30.0 Å². The molecular formula is C12H20N2OS. The summed E-state index contributed by atoms with van der Waals surface area (Å²) in [5.74, 6) is 0.393. The molecule has 0 saturated heterocycles. The van der Waals surface area contributed by atoms with Crippen LogP contribution in [0.5, 0.6) is 0 Å². The Morgan fingerprint density at radius 1 is 1.50 bits per heavy atom. The van der Waals surface area contributed by atoms with Crippen molar-refractivity contribution in [2.45, 2.75) is 39.8 Å². The molecule has 0 fully saturated rings. The Morgan fingerprint density at radius 3 is 2.69 bits per heavy atom. The van der Waals surface area contributed by atoms with Crippen molar-refractivity contribution in [3.8, 4) is 0 Å². The number of nitrogens with two attached hydrogens (primary N) is 1. The number of hydrogen-bond acceptors (Lipinski definition) is 3. The molecule has 1 heterocycles. The third-order valence-electron chi connectivity index (χ3n) is 2.29. The fourth-order valence-corrected chi connectivity index (χ4v) is 2.33. The lowest BCUT2D eigenvalue weighted by Crippen LogP contribution is -2.40. The Bertz CT molecular complexity index is 347. The van der Waals surface area contributed by atoms with E-state index in [1.807, 2.05) is 6.07 Å². The van der Waals surface area contributed by atoms with Crippen molar-refractivity contribution in [3.63, 3.8) is 0 Å². The zero-order valence-corrected chi connectivity index (χ0v) is 10.9. The molecule has 1 amide bonds. The van der Waals surface area contributed by atoms with Crippen molar-refractivity contribution in [2.75, 3.05) is 0 Å². The second-order valence-electron chi connectivity index (χ2n) is 4.47. The first-order chi connectivity index (χ1) is 7.49. The molecular weight excluding hydrogens is 220 g/mol. The average Bonchev–Trinajstić information content (AvgIpc) is 2.59. The van der Waals surface area contributed by atoms with Gasteiger partial charge in [0.1, 0.15) is 0 Å². The molecule has 3 nitrogen and oxygen atoms in total. The zero-order valence-electron chi connectivity index (χ0n) is 10.1. The summed E-state index contributed by atoms with van der Waals surface area (Å²) < 4.78 is 0. The van der Waals surface area contributed by atoms with Gasteiger partial charge < -0.3 is 11.1 Å². The van der Waals surface area contributed by atoms with Gasteiger partial charge in [0.05, 0.1) is 12.6 Å². The topological polar surface area (TPSA) is 55.1 Å². The summed E-state index contributed by atoms with van der Waals surface area (Å²) in [5, 5.41) is 2.86. The number of aryl methyl sites for hydroxylation is 1. The van der Waals surface area contributed by atoms with Gasteiger partial charge in [-0.2, -0.15) is 0 Å². The first-order valence-electron chi connectivity index (χ1n) is 5.57. The van der Waals surface area contributed by atoms with Gasteiger partial charge in [-0.25, -0.2) is 0 Å². The lowest BCUT2D eigenvalue weighted by atomic mass is 10.0. The van der Waals surface area contributed by atoms with Gasteiger partial charge in [0, 0.05) is 9.75 Å². The minimum atomic E-state index is -0.388. The summed E-state index contributed by atoms with van der Waals surface area (Å²) in [4.78, 5) is 14.1. The predicted octanol–water partition coefficient (Wildman–Crippen LogP) is 2.05. The Balaban J connectivity index is 2.35. The van der Waals surface area contributed by atoms with E-state index in [0.717, 1.165) is 6.42 Å². The van der Waals surface area contributed by atoms with Crippen LogP contribution >= 0.6 is 11.3 Å². The number of hydrogen-bond donors (Lipinski definition) is 2. The minimum absolute atomic E-state index is 0.0558. The highest BCUT2D eigenvalue weighted by Gasteiger charge is 2.14. The molecule has 0 saturated carbocycles. The minimum Gasteiger partial charge on any atom is -0.350 e. The molecule has 1 atom stereocenters. The third kappa shape index (κ3) is 4.33. The molecule has 3 N–H and O–H groups in total. The van der Waals surface area contributed by atoms with Crippen LogP contribution in [0, 0.1) is 12.8 Å². The lowest BCUT2D eigenvalue weighted by Gasteiger charge is -2.13. The maximum absolute atomic E-state index is 11.6. The Kier molecular flexibility index (Phi) is 4.96. The highest BCUT2D eigenvalue weighted by molar-refractivity contribution is 7.11. The van der Waals surface area contributed by atoms with E-state index in [1.54, 1.807) is 11.3 Å². The van der Waals surface area contributed by atoms with Crippen molar-refractivity contribution < 1.29 is 4.79 Å². The van der Waals surface area contributed by atoms with Gasteiger partial charge in [-0.15, -0.1) is 11.3 Å². The standard InChI is InChI=1S/C12H20N2OS/c1-8(2)6-11(13)12(15)14-7-10-5-4-9(3)16-10/h4-5,8,11H,6-7,13H2,1-3H3,(H,14,15)/t11-/m1/s1. The van der Waals surface area contributed by atoms with E-state index < -0.39 is 0 Å². The van der Waals surface area contributed by atoms with Gasteiger partial charge in [0.2, 0.25) is 5.91 Å². The van der Waals surface area contributed by atoms with Crippen LogP contribution < -0.4 is 11.1 Å². The second kappa shape index (κ2) is 6.01. The SMILES string of the molecule is Cc1ccc(CNC(=O)[C@H](N)CC(C)C)s1. The van der Waals surface area contributed by atoms with E-state index in [2.05, 4.69) is 32.2 Å². The van der Waals surface area contributed by atoms with Gasteiger partial charge in [0.15, 0.2) is 0 Å². The summed E-state index contributed by atoms with van der Waals surface area (Å²) in [6, 6.07) is 3.70. The largest absolute Gasteiger partial charge is 0.350 e.